The van der Waals surface area contributed by atoms with Crippen molar-refractivity contribution in [2.45, 2.75) is 6.54 Å². The van der Waals surface area contributed by atoms with Crippen LogP contribution in [0.25, 0.3) is 10.9 Å². The van der Waals surface area contributed by atoms with Gasteiger partial charge in [0.15, 0.2) is 5.69 Å². The van der Waals surface area contributed by atoms with Gasteiger partial charge in [0, 0.05) is 19.0 Å². The van der Waals surface area contributed by atoms with Crippen LogP contribution < -0.4 is 0 Å². The zero-order chi connectivity index (χ0) is 14.8. The van der Waals surface area contributed by atoms with E-state index in [2.05, 4.69) is 10.2 Å². The molecule has 5 heteroatoms. The maximum Gasteiger partial charge on any atom is 0.275 e. The summed E-state index contributed by atoms with van der Waals surface area (Å²) in [6.07, 6.45) is 0. The molecule has 0 saturated heterocycles. The molecule has 21 heavy (non-hydrogen) atoms. The first-order valence-electron chi connectivity index (χ1n) is 6.61. The highest BCUT2D eigenvalue weighted by molar-refractivity contribution is 6.04. The minimum atomic E-state index is -0.157. The summed E-state index contributed by atoms with van der Waals surface area (Å²) in [4.78, 5) is 14.1. The molecule has 0 aliphatic carbocycles. The number of fused-ring (bicyclic) bond motifs is 1. The molecule has 0 aliphatic heterocycles. The van der Waals surface area contributed by atoms with Crippen LogP contribution in [0.15, 0.2) is 48.5 Å². The normalized spacial score (nSPS) is 10.7. The van der Waals surface area contributed by atoms with E-state index < -0.39 is 0 Å². The van der Waals surface area contributed by atoms with Gasteiger partial charge in [-0.15, -0.1) is 0 Å². The molecule has 0 bridgehead atoms. The summed E-state index contributed by atoms with van der Waals surface area (Å²) in [6, 6.07) is 14.4. The molecular weight excluding hydrogens is 266 g/mol. The lowest BCUT2D eigenvalue weighted by molar-refractivity contribution is 0.0781. The molecule has 106 valence electrons. The summed E-state index contributed by atoms with van der Waals surface area (Å²) < 4.78 is 0. The Hall–Kier alpha value is -2.82. The lowest BCUT2D eigenvalue weighted by Gasteiger charge is -2.16. The lowest BCUT2D eigenvalue weighted by atomic mass is 10.1. The number of hydrogen-bond donors (Lipinski definition) is 2. The van der Waals surface area contributed by atoms with Gasteiger partial charge in [0.25, 0.3) is 5.91 Å². The quantitative estimate of drug-likeness (QED) is 0.775. The van der Waals surface area contributed by atoms with E-state index in [0.717, 1.165) is 16.5 Å². The van der Waals surface area contributed by atoms with Gasteiger partial charge < -0.3 is 10.0 Å². The van der Waals surface area contributed by atoms with E-state index in [4.69, 9.17) is 0 Å². The first-order chi connectivity index (χ1) is 10.1. The number of H-pyrrole nitrogens is 1. The van der Waals surface area contributed by atoms with Crippen LogP contribution in [0.4, 0.5) is 0 Å². The van der Waals surface area contributed by atoms with Crippen LogP contribution in [-0.2, 0) is 6.54 Å². The fourth-order valence-electron chi connectivity index (χ4n) is 2.31. The van der Waals surface area contributed by atoms with Crippen molar-refractivity contribution in [1.29, 1.82) is 0 Å². The van der Waals surface area contributed by atoms with Crippen LogP contribution in [0.2, 0.25) is 0 Å². The number of phenols is 1. The van der Waals surface area contributed by atoms with Crippen molar-refractivity contribution in [3.8, 4) is 5.75 Å². The van der Waals surface area contributed by atoms with Crippen LogP contribution in [0.3, 0.4) is 0 Å². The van der Waals surface area contributed by atoms with Crippen molar-refractivity contribution in [2.75, 3.05) is 7.05 Å². The second kappa shape index (κ2) is 5.28. The molecule has 0 aliphatic rings. The first kappa shape index (κ1) is 13.2. The van der Waals surface area contributed by atoms with Crippen molar-refractivity contribution in [3.05, 3.63) is 59.8 Å². The Kier molecular flexibility index (Phi) is 3.31. The highest BCUT2D eigenvalue weighted by atomic mass is 16.3. The van der Waals surface area contributed by atoms with Gasteiger partial charge in [0.05, 0.1) is 5.52 Å². The average molecular weight is 281 g/mol. The maximum absolute atomic E-state index is 12.5. The average Bonchev–Trinajstić information content (AvgIpc) is 2.90. The molecule has 1 heterocycles. The van der Waals surface area contributed by atoms with E-state index in [1.165, 1.54) is 0 Å². The Balaban J connectivity index is 1.84. The summed E-state index contributed by atoms with van der Waals surface area (Å²) in [5, 5.41) is 17.2. The molecule has 3 aromatic rings. The van der Waals surface area contributed by atoms with Gasteiger partial charge in [-0.3, -0.25) is 9.89 Å². The molecule has 1 aromatic heterocycles. The fraction of sp³-hybridized carbons (Fsp3) is 0.125. The van der Waals surface area contributed by atoms with E-state index in [-0.39, 0.29) is 11.7 Å². The molecule has 0 atom stereocenters. The molecule has 0 saturated carbocycles. The second-order valence-corrected chi connectivity index (χ2v) is 4.95. The van der Waals surface area contributed by atoms with E-state index in [0.29, 0.717) is 12.2 Å². The number of aromatic hydroxyl groups is 1. The molecule has 0 spiro atoms. The van der Waals surface area contributed by atoms with Gasteiger partial charge in [-0.1, -0.05) is 30.3 Å². The number of phenolic OH excluding ortho intramolecular Hbond substituents is 1. The first-order valence-corrected chi connectivity index (χ1v) is 6.61. The highest BCUT2D eigenvalue weighted by Gasteiger charge is 2.18. The highest BCUT2D eigenvalue weighted by Crippen LogP contribution is 2.18. The molecule has 3 rings (SSSR count). The van der Waals surface area contributed by atoms with Gasteiger partial charge in [0.2, 0.25) is 0 Å². The van der Waals surface area contributed by atoms with Crippen LogP contribution in [0, 0.1) is 0 Å². The van der Waals surface area contributed by atoms with E-state index in [1.54, 1.807) is 30.1 Å². The lowest BCUT2D eigenvalue weighted by Crippen LogP contribution is -2.26. The molecule has 5 nitrogen and oxygen atoms in total. The summed E-state index contributed by atoms with van der Waals surface area (Å²) in [7, 11) is 1.72. The maximum atomic E-state index is 12.5. The summed E-state index contributed by atoms with van der Waals surface area (Å²) in [5.74, 6) is 0.0364. The number of rotatable bonds is 3. The third kappa shape index (κ3) is 2.58. The van der Waals surface area contributed by atoms with Gasteiger partial charge in [-0.05, 0) is 23.8 Å². The predicted molar refractivity (Wildman–Crippen MR) is 80.0 cm³/mol. The molecular formula is C16H15N3O2. The second-order valence-electron chi connectivity index (χ2n) is 4.95. The Morgan fingerprint density at radius 2 is 2.05 bits per heavy atom. The standard InChI is InChI=1S/C16H15N3O2/c1-19(10-11-5-4-6-12(20)9-11)16(21)15-13-7-2-3-8-14(13)17-18-15/h2-9,20H,10H2,1H3,(H,17,18). The predicted octanol–water partition coefficient (Wildman–Crippen LogP) is 2.54. The Morgan fingerprint density at radius 1 is 1.24 bits per heavy atom. The number of aromatic amines is 1. The smallest absolute Gasteiger partial charge is 0.275 e. The fourth-order valence-corrected chi connectivity index (χ4v) is 2.31. The van der Waals surface area contributed by atoms with Crippen LogP contribution >= 0.6 is 0 Å². The number of nitrogens with zero attached hydrogens (tertiary/aromatic N) is 2. The van der Waals surface area contributed by atoms with E-state index >= 15 is 0 Å². The van der Waals surface area contributed by atoms with Crippen molar-refractivity contribution in [3.63, 3.8) is 0 Å². The summed E-state index contributed by atoms with van der Waals surface area (Å²) in [5.41, 5.74) is 2.12. The Morgan fingerprint density at radius 3 is 2.86 bits per heavy atom. The van der Waals surface area contributed by atoms with Gasteiger partial charge in [0.1, 0.15) is 5.75 Å². The number of para-hydroxylation sites is 1. The number of carbonyl (C=O) groups is 1. The number of amides is 1. The number of carbonyl (C=O) groups excluding carboxylic acids is 1. The third-order valence-electron chi connectivity index (χ3n) is 3.35. The van der Waals surface area contributed by atoms with Crippen LogP contribution in [-0.4, -0.2) is 33.2 Å². The van der Waals surface area contributed by atoms with Gasteiger partial charge in [-0.25, -0.2) is 0 Å². The minimum absolute atomic E-state index is 0.157. The number of benzene rings is 2. The van der Waals surface area contributed by atoms with Crippen molar-refractivity contribution >= 4 is 16.8 Å². The molecule has 0 unspecified atom stereocenters. The zero-order valence-corrected chi connectivity index (χ0v) is 11.6. The third-order valence-corrected chi connectivity index (χ3v) is 3.35. The molecule has 0 radical (unpaired) electrons. The Bertz CT molecular complexity index is 795. The zero-order valence-electron chi connectivity index (χ0n) is 11.6. The van der Waals surface area contributed by atoms with E-state index in [9.17, 15) is 9.90 Å². The van der Waals surface area contributed by atoms with Crippen LogP contribution in [0.5, 0.6) is 5.75 Å². The molecule has 2 aromatic carbocycles. The van der Waals surface area contributed by atoms with Crippen molar-refractivity contribution in [2.24, 2.45) is 0 Å². The molecule has 2 N–H and O–H groups in total. The Labute approximate surface area is 121 Å². The topological polar surface area (TPSA) is 69.2 Å². The number of nitrogens with one attached hydrogen (secondary N) is 1. The SMILES string of the molecule is CN(Cc1cccc(O)c1)C(=O)c1n[nH]c2ccccc12. The molecule has 0 fully saturated rings. The molecule has 1 amide bonds. The number of hydrogen-bond acceptors (Lipinski definition) is 3. The number of aromatic nitrogens is 2. The monoisotopic (exact) mass is 281 g/mol. The summed E-state index contributed by atoms with van der Waals surface area (Å²) in [6.45, 7) is 0.411. The van der Waals surface area contributed by atoms with Crippen molar-refractivity contribution < 1.29 is 9.90 Å². The van der Waals surface area contributed by atoms with Gasteiger partial charge >= 0.3 is 0 Å². The van der Waals surface area contributed by atoms with Gasteiger partial charge in [-0.2, -0.15) is 5.10 Å². The largest absolute Gasteiger partial charge is 0.508 e. The van der Waals surface area contributed by atoms with Crippen LogP contribution in [0.1, 0.15) is 16.1 Å². The minimum Gasteiger partial charge on any atom is -0.508 e. The van der Waals surface area contributed by atoms with Crippen molar-refractivity contribution in [1.82, 2.24) is 15.1 Å². The summed E-state index contributed by atoms with van der Waals surface area (Å²) >= 11 is 0. The van der Waals surface area contributed by atoms with E-state index in [1.807, 2.05) is 30.3 Å².